The average molecular weight is 522 g/mol. The minimum absolute atomic E-state index is 0.155. The molecule has 1 atom stereocenters. The zero-order valence-corrected chi connectivity index (χ0v) is 21.6. The van der Waals surface area contributed by atoms with Crippen molar-refractivity contribution in [1.29, 1.82) is 0 Å². The van der Waals surface area contributed by atoms with E-state index in [1.165, 1.54) is 0 Å². The Bertz CT molecular complexity index is 1560. The van der Waals surface area contributed by atoms with Crippen molar-refractivity contribution in [3.05, 3.63) is 54.2 Å². The number of H-pyrrole nitrogens is 1. The summed E-state index contributed by atoms with van der Waals surface area (Å²) in [6, 6.07) is 13.1. The van der Waals surface area contributed by atoms with Gasteiger partial charge in [0.1, 0.15) is 24.1 Å². The van der Waals surface area contributed by atoms with Gasteiger partial charge in [-0.2, -0.15) is 0 Å². The van der Waals surface area contributed by atoms with Gasteiger partial charge in [-0.25, -0.2) is 13.4 Å². The second-order valence-corrected chi connectivity index (χ2v) is 12.3. The molecule has 0 unspecified atom stereocenters. The molecule has 3 heterocycles. The monoisotopic (exact) mass is 521 g/mol. The number of aliphatic hydroxyl groups is 1. The number of sulfone groups is 1. The molecule has 0 amide bonds. The molecule has 6 rings (SSSR count). The molecule has 9 heteroatoms. The van der Waals surface area contributed by atoms with Crippen LogP contribution in [0.1, 0.15) is 18.4 Å². The van der Waals surface area contributed by atoms with E-state index in [0.29, 0.717) is 30.4 Å². The van der Waals surface area contributed by atoms with Crippen LogP contribution in [0.25, 0.3) is 33.1 Å². The summed E-state index contributed by atoms with van der Waals surface area (Å²) in [5.41, 5.74) is 4.26. The van der Waals surface area contributed by atoms with Gasteiger partial charge in [-0.1, -0.05) is 12.1 Å². The Morgan fingerprint density at radius 3 is 2.78 bits per heavy atom. The van der Waals surface area contributed by atoms with Gasteiger partial charge >= 0.3 is 0 Å². The van der Waals surface area contributed by atoms with Gasteiger partial charge in [-0.05, 0) is 66.8 Å². The Kier molecular flexibility index (Phi) is 6.40. The van der Waals surface area contributed by atoms with Crippen molar-refractivity contribution in [2.75, 3.05) is 39.5 Å². The van der Waals surface area contributed by atoms with Crippen LogP contribution in [0.5, 0.6) is 5.75 Å². The number of morpholine rings is 1. The van der Waals surface area contributed by atoms with Crippen molar-refractivity contribution < 1.29 is 23.0 Å². The number of hydrogen-bond donors (Lipinski definition) is 2. The highest BCUT2D eigenvalue weighted by atomic mass is 32.2. The topological polar surface area (TPSA) is 105 Å². The molecule has 1 saturated carbocycles. The van der Waals surface area contributed by atoms with Crippen LogP contribution in [0.3, 0.4) is 0 Å². The van der Waals surface area contributed by atoms with E-state index in [9.17, 15) is 13.5 Å². The van der Waals surface area contributed by atoms with Crippen LogP contribution in [0, 0.1) is 6.92 Å². The van der Waals surface area contributed by atoms with Crippen molar-refractivity contribution in [3.63, 3.8) is 0 Å². The molecule has 2 aromatic heterocycles. The van der Waals surface area contributed by atoms with Gasteiger partial charge in [0, 0.05) is 36.6 Å². The highest BCUT2D eigenvalue weighted by Crippen LogP contribution is 2.40. The minimum atomic E-state index is -3.31. The van der Waals surface area contributed by atoms with Gasteiger partial charge in [0.05, 0.1) is 28.9 Å². The SMILES string of the molecule is Cc1cnc2[nH]c3c(OC[C@H](O)CN4CCOCC4)ccc(-c4cccc(S(=O)(=O)C5CC5)c4)c3c2c1. The first kappa shape index (κ1) is 24.4. The lowest BCUT2D eigenvalue weighted by Crippen LogP contribution is -2.42. The molecule has 37 heavy (non-hydrogen) atoms. The molecule has 1 aliphatic carbocycles. The third-order valence-corrected chi connectivity index (χ3v) is 9.40. The summed E-state index contributed by atoms with van der Waals surface area (Å²) in [7, 11) is -3.31. The predicted molar refractivity (Wildman–Crippen MR) is 143 cm³/mol. The highest BCUT2D eigenvalue weighted by Gasteiger charge is 2.37. The van der Waals surface area contributed by atoms with E-state index in [1.807, 2.05) is 31.3 Å². The molecule has 194 valence electrons. The fraction of sp³-hybridized carbons (Fsp3) is 0.393. The maximum atomic E-state index is 12.9. The van der Waals surface area contributed by atoms with Gasteiger partial charge in [-0.3, -0.25) is 4.90 Å². The van der Waals surface area contributed by atoms with Crippen LogP contribution >= 0.6 is 0 Å². The maximum absolute atomic E-state index is 12.9. The smallest absolute Gasteiger partial charge is 0.181 e. The number of nitrogens with zero attached hydrogens (tertiary/aromatic N) is 2. The first-order chi connectivity index (χ1) is 17.9. The van der Waals surface area contributed by atoms with Gasteiger partial charge in [0.2, 0.25) is 0 Å². The van der Waals surface area contributed by atoms with Crippen molar-refractivity contribution in [2.45, 2.75) is 36.0 Å². The maximum Gasteiger partial charge on any atom is 0.181 e. The largest absolute Gasteiger partial charge is 0.489 e. The van der Waals surface area contributed by atoms with Gasteiger partial charge in [0.25, 0.3) is 0 Å². The zero-order chi connectivity index (χ0) is 25.6. The molecular formula is C28H31N3O5S. The molecule has 1 aliphatic heterocycles. The molecule has 2 aromatic carbocycles. The van der Waals surface area contributed by atoms with Crippen LogP contribution in [-0.2, 0) is 14.6 Å². The zero-order valence-electron chi connectivity index (χ0n) is 20.8. The second kappa shape index (κ2) is 9.72. The lowest BCUT2D eigenvalue weighted by atomic mass is 9.99. The molecule has 1 saturated heterocycles. The first-order valence-corrected chi connectivity index (χ1v) is 14.3. The number of fused-ring (bicyclic) bond motifs is 3. The summed E-state index contributed by atoms with van der Waals surface area (Å²) in [5.74, 6) is 0.622. The van der Waals surface area contributed by atoms with Crippen molar-refractivity contribution >= 4 is 31.8 Å². The summed E-state index contributed by atoms with van der Waals surface area (Å²) in [6.45, 7) is 5.65. The van der Waals surface area contributed by atoms with Crippen molar-refractivity contribution in [1.82, 2.24) is 14.9 Å². The Balaban J connectivity index is 1.37. The lowest BCUT2D eigenvalue weighted by Gasteiger charge is -2.28. The van der Waals surface area contributed by atoms with Gasteiger partial charge in [0.15, 0.2) is 9.84 Å². The van der Waals surface area contributed by atoms with E-state index in [2.05, 4.69) is 20.9 Å². The Morgan fingerprint density at radius 2 is 2.00 bits per heavy atom. The third-order valence-electron chi connectivity index (χ3n) is 7.14. The Hall–Kier alpha value is -2.98. The van der Waals surface area contributed by atoms with Crippen LogP contribution in [-0.4, -0.2) is 79.2 Å². The van der Waals surface area contributed by atoms with Gasteiger partial charge in [-0.15, -0.1) is 0 Å². The fourth-order valence-corrected chi connectivity index (χ4v) is 6.76. The summed E-state index contributed by atoms with van der Waals surface area (Å²) >= 11 is 0. The number of aromatic nitrogens is 2. The predicted octanol–water partition coefficient (Wildman–Crippen LogP) is 3.70. The number of ether oxygens (including phenoxy) is 2. The minimum Gasteiger partial charge on any atom is -0.489 e. The van der Waals surface area contributed by atoms with Crippen LogP contribution in [0.2, 0.25) is 0 Å². The number of rotatable bonds is 8. The number of nitrogens with one attached hydrogen (secondary N) is 1. The number of aromatic amines is 1. The fourth-order valence-electron chi connectivity index (χ4n) is 5.06. The summed E-state index contributed by atoms with van der Waals surface area (Å²) in [4.78, 5) is 10.5. The van der Waals surface area contributed by atoms with Crippen LogP contribution in [0.4, 0.5) is 0 Å². The quantitative estimate of drug-likeness (QED) is 0.364. The molecule has 2 fully saturated rings. The Morgan fingerprint density at radius 1 is 1.19 bits per heavy atom. The van der Waals surface area contributed by atoms with Crippen LogP contribution < -0.4 is 4.74 Å². The third kappa shape index (κ3) is 4.84. The van der Waals surface area contributed by atoms with E-state index in [1.54, 1.807) is 18.2 Å². The number of benzene rings is 2. The summed E-state index contributed by atoms with van der Waals surface area (Å²) in [6.07, 6.45) is 2.63. The number of β-amino-alcohol motifs (C(OH)–C–C–N with tert-alkyl or cyclic N) is 1. The van der Waals surface area contributed by atoms with Crippen molar-refractivity contribution in [3.8, 4) is 16.9 Å². The van der Waals surface area contributed by atoms with Crippen molar-refractivity contribution in [2.24, 2.45) is 0 Å². The molecule has 0 radical (unpaired) electrons. The van der Waals surface area contributed by atoms with Crippen LogP contribution in [0.15, 0.2) is 53.6 Å². The number of hydrogen-bond acceptors (Lipinski definition) is 7. The van der Waals surface area contributed by atoms with E-state index < -0.39 is 15.9 Å². The molecule has 8 nitrogen and oxygen atoms in total. The first-order valence-electron chi connectivity index (χ1n) is 12.8. The number of pyridine rings is 1. The Labute approximate surface area is 216 Å². The van der Waals surface area contributed by atoms with E-state index in [0.717, 1.165) is 64.6 Å². The molecule has 2 aliphatic rings. The molecule has 2 N–H and O–H groups in total. The molecule has 0 spiro atoms. The standard InChI is InChI=1S/C28H31N3O5S/c1-18-13-24-26-23(19-3-2-4-22(14-19)37(33,34)21-5-6-21)7-8-25(27(26)30-28(24)29-15-18)36-17-20(32)16-31-9-11-35-12-10-31/h2-4,7-8,13-15,20-21,32H,5-6,9-12,16-17H2,1H3,(H,29,30)/t20-/m1/s1. The van der Waals surface area contributed by atoms with E-state index >= 15 is 0 Å². The molecule has 0 bridgehead atoms. The van der Waals surface area contributed by atoms with E-state index in [-0.39, 0.29) is 11.9 Å². The summed E-state index contributed by atoms with van der Waals surface area (Å²) < 4.78 is 37.4. The number of aryl methyl sites for hydroxylation is 1. The average Bonchev–Trinajstić information content (AvgIpc) is 3.70. The summed E-state index contributed by atoms with van der Waals surface area (Å²) in [5, 5.41) is 12.2. The lowest BCUT2D eigenvalue weighted by molar-refractivity contribution is 0.00478. The number of aliphatic hydroxyl groups excluding tert-OH is 1. The van der Waals surface area contributed by atoms with Gasteiger partial charge < -0.3 is 19.6 Å². The highest BCUT2D eigenvalue weighted by molar-refractivity contribution is 7.92. The molecular weight excluding hydrogens is 490 g/mol. The second-order valence-electron chi connectivity index (χ2n) is 10.0. The normalized spacial score (nSPS) is 17.9. The molecule has 4 aromatic rings. The van der Waals surface area contributed by atoms with E-state index in [4.69, 9.17) is 9.47 Å².